The maximum Gasteiger partial charge on any atom is 0.328 e. The number of hydrogen-bond donors (Lipinski definition) is 3. The number of alkyl halides is 2. The molecular formula is C16H13F2N3O3S. The molecule has 0 saturated heterocycles. The predicted molar refractivity (Wildman–Crippen MR) is 89.0 cm³/mol. The second-order valence-electron chi connectivity index (χ2n) is 4.63. The van der Waals surface area contributed by atoms with E-state index in [1.165, 1.54) is 36.4 Å². The van der Waals surface area contributed by atoms with Gasteiger partial charge in [-0.3, -0.25) is 25.2 Å². The Bertz CT molecular complexity index is 772. The van der Waals surface area contributed by atoms with Crippen LogP contribution in [0.25, 0.3) is 0 Å². The minimum Gasteiger partial charge on any atom is -0.318 e. The molecule has 0 bridgehead atoms. The third-order valence-electron chi connectivity index (χ3n) is 2.85. The molecule has 2 aromatic carbocycles. The van der Waals surface area contributed by atoms with E-state index in [1.54, 1.807) is 18.2 Å². The van der Waals surface area contributed by atoms with E-state index in [9.17, 15) is 23.2 Å². The molecule has 0 aliphatic rings. The van der Waals surface area contributed by atoms with Gasteiger partial charge in [-0.25, -0.2) is 0 Å². The van der Waals surface area contributed by atoms with E-state index in [0.29, 0.717) is 17.3 Å². The fourth-order valence-corrected chi connectivity index (χ4v) is 2.33. The van der Waals surface area contributed by atoms with E-state index in [1.807, 2.05) is 5.43 Å². The number of halogens is 2. The number of hydrazine groups is 1. The number of carbonyl (C=O) groups is 3. The van der Waals surface area contributed by atoms with Crippen molar-refractivity contribution >= 4 is 35.2 Å². The number of anilines is 1. The van der Waals surface area contributed by atoms with Crippen molar-refractivity contribution in [3.8, 4) is 0 Å². The number of benzene rings is 2. The summed E-state index contributed by atoms with van der Waals surface area (Å²) in [6.45, 7) is 0. The zero-order valence-electron chi connectivity index (χ0n) is 12.7. The molecule has 0 heterocycles. The lowest BCUT2D eigenvalue weighted by atomic mass is 10.2. The summed E-state index contributed by atoms with van der Waals surface area (Å²) in [7, 11) is 0. The highest BCUT2D eigenvalue weighted by molar-refractivity contribution is 7.99. The Morgan fingerprint density at radius 1 is 0.880 bits per heavy atom. The normalized spacial score (nSPS) is 10.2. The third kappa shape index (κ3) is 5.88. The summed E-state index contributed by atoms with van der Waals surface area (Å²) in [6, 6.07) is 13.8. The molecule has 2 rings (SSSR count). The van der Waals surface area contributed by atoms with Gasteiger partial charge in [-0.1, -0.05) is 36.0 Å². The van der Waals surface area contributed by atoms with Gasteiger partial charge in [0, 0.05) is 16.1 Å². The van der Waals surface area contributed by atoms with Gasteiger partial charge >= 0.3 is 11.8 Å². The van der Waals surface area contributed by atoms with Crippen molar-refractivity contribution in [3.63, 3.8) is 0 Å². The summed E-state index contributed by atoms with van der Waals surface area (Å²) in [5.74, 6) is -5.33. The zero-order valence-corrected chi connectivity index (χ0v) is 13.5. The summed E-state index contributed by atoms with van der Waals surface area (Å²) in [5.41, 5.74) is 4.56. The fraction of sp³-hybridized carbons (Fsp3) is 0.0625. The average Bonchev–Trinajstić information content (AvgIpc) is 2.59. The van der Waals surface area contributed by atoms with Gasteiger partial charge in [-0.05, 0) is 30.3 Å². The Morgan fingerprint density at radius 2 is 1.60 bits per heavy atom. The zero-order chi connectivity index (χ0) is 18.2. The van der Waals surface area contributed by atoms with Gasteiger partial charge in [0.1, 0.15) is 0 Å². The summed E-state index contributed by atoms with van der Waals surface area (Å²) in [5, 5.41) is 2.26. The van der Waals surface area contributed by atoms with Crippen molar-refractivity contribution in [3.05, 3.63) is 60.2 Å². The molecule has 0 aliphatic carbocycles. The summed E-state index contributed by atoms with van der Waals surface area (Å²) < 4.78 is 24.7. The van der Waals surface area contributed by atoms with Gasteiger partial charge in [0.25, 0.3) is 11.7 Å². The van der Waals surface area contributed by atoms with Crippen molar-refractivity contribution < 1.29 is 23.2 Å². The average molecular weight is 365 g/mol. The van der Waals surface area contributed by atoms with Crippen LogP contribution in [0.1, 0.15) is 10.4 Å². The number of rotatable bonds is 4. The molecule has 3 N–H and O–H groups in total. The van der Waals surface area contributed by atoms with Gasteiger partial charge < -0.3 is 5.32 Å². The highest BCUT2D eigenvalue weighted by atomic mass is 32.2. The van der Waals surface area contributed by atoms with E-state index in [4.69, 9.17) is 0 Å². The SMILES string of the molecule is O=C(NNC(=O)c1ccccc1)C(=O)Nc1cccc(SC(F)F)c1. The number of hydrogen-bond acceptors (Lipinski definition) is 4. The van der Waals surface area contributed by atoms with Crippen LogP contribution in [0.4, 0.5) is 14.5 Å². The molecule has 130 valence electrons. The standard InChI is InChI=1S/C16H13F2N3O3S/c17-16(18)25-12-8-4-7-11(9-12)19-14(23)15(24)21-20-13(22)10-5-2-1-3-6-10/h1-9,16H,(H,19,23)(H,20,22)(H,21,24). The van der Waals surface area contributed by atoms with Crippen LogP contribution in [0.15, 0.2) is 59.5 Å². The molecule has 6 nitrogen and oxygen atoms in total. The first-order valence-corrected chi connectivity index (χ1v) is 7.85. The molecule has 0 radical (unpaired) electrons. The molecule has 0 aliphatic heterocycles. The first-order chi connectivity index (χ1) is 12.0. The van der Waals surface area contributed by atoms with Crippen molar-refractivity contribution in [2.24, 2.45) is 0 Å². The quantitative estimate of drug-likeness (QED) is 0.441. The summed E-state index contributed by atoms with van der Waals surface area (Å²) in [6.07, 6.45) is 0. The smallest absolute Gasteiger partial charge is 0.318 e. The van der Waals surface area contributed by atoms with Crippen molar-refractivity contribution in [2.75, 3.05) is 5.32 Å². The minimum absolute atomic E-state index is 0.181. The van der Waals surface area contributed by atoms with E-state index in [2.05, 4.69) is 10.7 Å². The van der Waals surface area contributed by atoms with E-state index < -0.39 is 23.5 Å². The highest BCUT2D eigenvalue weighted by Gasteiger charge is 2.15. The number of carbonyl (C=O) groups excluding carboxylic acids is 3. The second kappa shape index (κ2) is 8.78. The number of amides is 3. The van der Waals surface area contributed by atoms with E-state index >= 15 is 0 Å². The van der Waals surface area contributed by atoms with Crippen LogP contribution >= 0.6 is 11.8 Å². The molecular weight excluding hydrogens is 352 g/mol. The molecule has 2 aromatic rings. The van der Waals surface area contributed by atoms with Crippen LogP contribution in [0.5, 0.6) is 0 Å². The molecule has 3 amide bonds. The highest BCUT2D eigenvalue weighted by Crippen LogP contribution is 2.27. The lowest BCUT2D eigenvalue weighted by Crippen LogP contribution is -2.46. The van der Waals surface area contributed by atoms with Gasteiger partial charge in [0.05, 0.1) is 0 Å². The Labute approximate surface area is 146 Å². The van der Waals surface area contributed by atoms with Gasteiger partial charge in [0.2, 0.25) is 0 Å². The molecule has 0 spiro atoms. The van der Waals surface area contributed by atoms with Crippen LogP contribution in [0.2, 0.25) is 0 Å². The molecule has 0 aromatic heterocycles. The molecule has 0 atom stereocenters. The van der Waals surface area contributed by atoms with Gasteiger partial charge in [0.15, 0.2) is 0 Å². The first-order valence-electron chi connectivity index (χ1n) is 6.97. The predicted octanol–water partition coefficient (Wildman–Crippen LogP) is 2.40. The third-order valence-corrected chi connectivity index (χ3v) is 3.55. The van der Waals surface area contributed by atoms with E-state index in [-0.39, 0.29) is 10.6 Å². The Hall–Kier alpha value is -2.94. The molecule has 0 unspecified atom stereocenters. The Balaban J connectivity index is 1.88. The fourth-order valence-electron chi connectivity index (χ4n) is 1.77. The Kier molecular flexibility index (Phi) is 6.47. The van der Waals surface area contributed by atoms with Crippen molar-refractivity contribution in [1.82, 2.24) is 10.9 Å². The van der Waals surface area contributed by atoms with Crippen LogP contribution < -0.4 is 16.2 Å². The van der Waals surface area contributed by atoms with Gasteiger partial charge in [-0.2, -0.15) is 8.78 Å². The van der Waals surface area contributed by atoms with Crippen LogP contribution in [-0.4, -0.2) is 23.5 Å². The van der Waals surface area contributed by atoms with Crippen LogP contribution in [-0.2, 0) is 9.59 Å². The number of thioether (sulfide) groups is 1. The van der Waals surface area contributed by atoms with Gasteiger partial charge in [-0.15, -0.1) is 0 Å². The maximum absolute atomic E-state index is 12.3. The van der Waals surface area contributed by atoms with Crippen molar-refractivity contribution in [2.45, 2.75) is 10.7 Å². The lowest BCUT2D eigenvalue weighted by molar-refractivity contribution is -0.136. The summed E-state index contributed by atoms with van der Waals surface area (Å²) in [4.78, 5) is 35.4. The van der Waals surface area contributed by atoms with Crippen LogP contribution in [0, 0.1) is 0 Å². The Morgan fingerprint density at radius 3 is 2.28 bits per heavy atom. The second-order valence-corrected chi connectivity index (χ2v) is 5.70. The lowest BCUT2D eigenvalue weighted by Gasteiger charge is -2.09. The topological polar surface area (TPSA) is 87.3 Å². The minimum atomic E-state index is -2.59. The summed E-state index contributed by atoms with van der Waals surface area (Å²) >= 11 is 0.318. The monoisotopic (exact) mass is 365 g/mol. The largest absolute Gasteiger partial charge is 0.328 e. The first kappa shape index (κ1) is 18.4. The number of nitrogens with one attached hydrogen (secondary N) is 3. The molecule has 0 saturated carbocycles. The molecule has 25 heavy (non-hydrogen) atoms. The van der Waals surface area contributed by atoms with Crippen LogP contribution in [0.3, 0.4) is 0 Å². The molecule has 0 fully saturated rings. The molecule has 9 heteroatoms. The van der Waals surface area contributed by atoms with E-state index in [0.717, 1.165) is 0 Å². The van der Waals surface area contributed by atoms with Crippen molar-refractivity contribution in [1.29, 1.82) is 0 Å². The maximum atomic E-state index is 12.3.